The fourth-order valence-electron chi connectivity index (χ4n) is 3.29. The quantitative estimate of drug-likeness (QED) is 0.115. The molecule has 0 aromatic carbocycles. The first kappa shape index (κ1) is 30.6. The molecular weight excluding hydrogens is 404 g/mol. The van der Waals surface area contributed by atoms with Crippen LogP contribution >= 0.6 is 0 Å². The van der Waals surface area contributed by atoms with Crippen molar-refractivity contribution in [2.45, 2.75) is 148 Å². The van der Waals surface area contributed by atoms with Crippen molar-refractivity contribution in [3.63, 3.8) is 0 Å². The molecule has 0 fully saturated rings. The maximum absolute atomic E-state index is 11.9. The van der Waals surface area contributed by atoms with Crippen molar-refractivity contribution < 1.29 is 19.1 Å². The molecule has 31 heavy (non-hydrogen) atoms. The number of ether oxygens (including phenoxy) is 1. The minimum atomic E-state index is -1.88. The molecule has 0 radical (unpaired) electrons. The summed E-state index contributed by atoms with van der Waals surface area (Å²) in [6, 6.07) is 0. The van der Waals surface area contributed by atoms with Gasteiger partial charge in [0.1, 0.15) is 12.7 Å². The Morgan fingerprint density at radius 3 is 1.61 bits per heavy atom. The molecule has 1 atom stereocenters. The number of aliphatic hydroxyl groups is 1. The van der Waals surface area contributed by atoms with Crippen molar-refractivity contribution in [3.8, 4) is 0 Å². The minimum Gasteiger partial charge on any atom is -0.463 e. The molecule has 5 heteroatoms. The molecule has 0 aliphatic heterocycles. The van der Waals surface area contributed by atoms with Crippen LogP contribution in [0.4, 0.5) is 0 Å². The molecule has 186 valence electrons. The first-order valence-corrected chi connectivity index (χ1v) is 16.0. The van der Waals surface area contributed by atoms with Gasteiger partial charge in [0.05, 0.1) is 6.61 Å². The lowest BCUT2D eigenvalue weighted by molar-refractivity contribution is -0.147. The van der Waals surface area contributed by atoms with Crippen molar-refractivity contribution in [2.24, 2.45) is 0 Å². The second-order valence-electron chi connectivity index (χ2n) is 10.8. The van der Waals surface area contributed by atoms with E-state index in [0.29, 0.717) is 6.42 Å². The van der Waals surface area contributed by atoms with Crippen LogP contribution in [-0.4, -0.2) is 38.7 Å². The zero-order valence-corrected chi connectivity index (χ0v) is 22.8. The van der Waals surface area contributed by atoms with Crippen molar-refractivity contribution in [1.82, 2.24) is 0 Å². The van der Waals surface area contributed by atoms with Crippen LogP contribution in [0.5, 0.6) is 0 Å². The maximum Gasteiger partial charge on any atom is 0.305 e. The number of esters is 1. The zero-order valence-electron chi connectivity index (χ0n) is 21.8. The third-order valence-electron chi connectivity index (χ3n) is 6.61. The molecule has 0 amide bonds. The fourth-order valence-corrected chi connectivity index (χ4v) is 4.34. The molecule has 0 aromatic heterocycles. The molecule has 0 aliphatic carbocycles. The molecule has 0 bridgehead atoms. The number of hydrogen-bond acceptors (Lipinski definition) is 4. The molecule has 0 saturated carbocycles. The summed E-state index contributed by atoms with van der Waals surface area (Å²) in [5.41, 5.74) is 0. The summed E-state index contributed by atoms with van der Waals surface area (Å²) in [5.74, 6) is -0.203. The average molecular weight is 459 g/mol. The lowest BCUT2D eigenvalue weighted by Crippen LogP contribution is -2.43. The molecule has 0 spiro atoms. The normalized spacial score (nSPS) is 13.4. The molecule has 0 aromatic rings. The van der Waals surface area contributed by atoms with Gasteiger partial charge in [0.25, 0.3) is 0 Å². The van der Waals surface area contributed by atoms with Gasteiger partial charge in [-0.15, -0.1) is 0 Å². The van der Waals surface area contributed by atoms with Gasteiger partial charge in [0.15, 0.2) is 8.32 Å². The summed E-state index contributed by atoms with van der Waals surface area (Å²) < 4.78 is 11.2. The Labute approximate surface area is 195 Å². The van der Waals surface area contributed by atoms with Gasteiger partial charge in [0.2, 0.25) is 0 Å². The molecule has 4 nitrogen and oxygen atoms in total. The number of carbonyl (C=O) groups excluding carboxylic acids is 1. The van der Waals surface area contributed by atoms with Crippen molar-refractivity contribution >= 4 is 14.3 Å². The molecule has 1 N–H and O–H groups in total. The fraction of sp³-hybridized carbons (Fsp3) is 0.962. The van der Waals surface area contributed by atoms with Gasteiger partial charge in [-0.25, -0.2) is 0 Å². The highest BCUT2D eigenvalue weighted by Gasteiger charge is 2.37. The van der Waals surface area contributed by atoms with Crippen LogP contribution in [0, 0.1) is 0 Å². The summed E-state index contributed by atoms with van der Waals surface area (Å²) >= 11 is 0. The largest absolute Gasteiger partial charge is 0.463 e. The summed E-state index contributed by atoms with van der Waals surface area (Å²) in [7, 11) is -1.88. The molecular formula is C26H54O4Si. The van der Waals surface area contributed by atoms with Gasteiger partial charge in [0, 0.05) is 6.42 Å². The monoisotopic (exact) mass is 458 g/mol. The highest BCUT2D eigenvalue weighted by atomic mass is 28.4. The van der Waals surface area contributed by atoms with E-state index in [4.69, 9.17) is 9.16 Å². The van der Waals surface area contributed by atoms with Crippen LogP contribution in [0.25, 0.3) is 0 Å². The van der Waals surface area contributed by atoms with Crippen LogP contribution in [0.2, 0.25) is 18.1 Å². The number of unbranched alkanes of at least 4 members (excludes halogenated alkanes) is 13. The summed E-state index contributed by atoms with van der Waals surface area (Å²) in [6.45, 7) is 13.4. The van der Waals surface area contributed by atoms with Gasteiger partial charge in [-0.05, 0) is 24.6 Å². The van der Waals surface area contributed by atoms with E-state index in [0.717, 1.165) is 12.8 Å². The van der Waals surface area contributed by atoms with E-state index in [1.165, 1.54) is 77.0 Å². The second-order valence-corrected chi connectivity index (χ2v) is 15.6. The first-order chi connectivity index (χ1) is 14.6. The predicted molar refractivity (Wildman–Crippen MR) is 135 cm³/mol. The van der Waals surface area contributed by atoms with Crippen molar-refractivity contribution in [1.29, 1.82) is 0 Å². The third-order valence-corrected chi connectivity index (χ3v) is 11.1. The van der Waals surface area contributed by atoms with Crippen molar-refractivity contribution in [2.75, 3.05) is 13.2 Å². The van der Waals surface area contributed by atoms with E-state index >= 15 is 0 Å². The van der Waals surface area contributed by atoms with Crippen LogP contribution < -0.4 is 0 Å². The predicted octanol–water partition coefficient (Wildman–Crippen LogP) is 7.78. The molecule has 0 saturated heterocycles. The zero-order chi connectivity index (χ0) is 23.6. The number of hydrogen-bond donors (Lipinski definition) is 1. The molecule has 0 unspecified atom stereocenters. The Balaban J connectivity index is 3.49. The van der Waals surface area contributed by atoms with Gasteiger partial charge in [-0.1, -0.05) is 111 Å². The first-order valence-electron chi connectivity index (χ1n) is 13.1. The van der Waals surface area contributed by atoms with E-state index in [1.807, 2.05) is 0 Å². The number of carbonyl (C=O) groups is 1. The lowest BCUT2D eigenvalue weighted by Gasteiger charge is -2.36. The Bertz CT molecular complexity index is 432. The number of aliphatic hydroxyl groups excluding tert-OH is 1. The van der Waals surface area contributed by atoms with E-state index in [1.54, 1.807) is 0 Å². The van der Waals surface area contributed by atoms with Gasteiger partial charge >= 0.3 is 5.97 Å². The lowest BCUT2D eigenvalue weighted by atomic mass is 10.0. The van der Waals surface area contributed by atoms with Crippen molar-refractivity contribution in [3.05, 3.63) is 0 Å². The van der Waals surface area contributed by atoms with E-state index < -0.39 is 14.4 Å². The summed E-state index contributed by atoms with van der Waals surface area (Å²) in [5, 5.41) is 10.1. The van der Waals surface area contributed by atoms with E-state index in [2.05, 4.69) is 40.8 Å². The SMILES string of the molecule is CCCCCCCCCCCCCCCCC(=O)OC[C@@H](O)CO[Si](C)(C)C(C)(C)C. The maximum atomic E-state index is 11.9. The molecule has 0 aliphatic rings. The highest BCUT2D eigenvalue weighted by Crippen LogP contribution is 2.36. The topological polar surface area (TPSA) is 55.8 Å². The third kappa shape index (κ3) is 17.8. The van der Waals surface area contributed by atoms with E-state index in [-0.39, 0.29) is 24.2 Å². The average Bonchev–Trinajstić information content (AvgIpc) is 2.70. The van der Waals surface area contributed by atoms with Gasteiger partial charge in [-0.3, -0.25) is 4.79 Å². The van der Waals surface area contributed by atoms with Crippen LogP contribution in [0.1, 0.15) is 124 Å². The van der Waals surface area contributed by atoms with Crippen LogP contribution in [-0.2, 0) is 14.0 Å². The van der Waals surface area contributed by atoms with Crippen LogP contribution in [0.3, 0.4) is 0 Å². The Morgan fingerprint density at radius 1 is 0.774 bits per heavy atom. The molecule has 0 rings (SSSR count). The van der Waals surface area contributed by atoms with Crippen LogP contribution in [0.15, 0.2) is 0 Å². The summed E-state index contributed by atoms with van der Waals surface area (Å²) in [6.07, 6.45) is 18.0. The van der Waals surface area contributed by atoms with Gasteiger partial charge in [-0.2, -0.15) is 0 Å². The summed E-state index contributed by atoms with van der Waals surface area (Å²) in [4.78, 5) is 11.9. The molecule has 0 heterocycles. The number of rotatable bonds is 20. The second kappa shape index (κ2) is 18.1. The standard InChI is InChI=1S/C26H54O4Si/c1-7-8-9-10-11-12-13-14-15-16-17-18-19-20-21-25(28)29-22-24(27)23-30-31(5,6)26(2,3)4/h24,27H,7-23H2,1-6H3/t24-/m1/s1. The highest BCUT2D eigenvalue weighted by molar-refractivity contribution is 6.74. The van der Waals surface area contributed by atoms with Gasteiger partial charge < -0.3 is 14.3 Å². The Kier molecular flexibility index (Phi) is 17.9. The Morgan fingerprint density at radius 2 is 1.19 bits per heavy atom. The minimum absolute atomic E-state index is 0.0338. The van der Waals surface area contributed by atoms with E-state index in [9.17, 15) is 9.90 Å². The Hall–Kier alpha value is -0.393. The smallest absolute Gasteiger partial charge is 0.305 e.